The van der Waals surface area contributed by atoms with Crippen LogP contribution in [0.1, 0.15) is 20.3 Å². The van der Waals surface area contributed by atoms with E-state index in [2.05, 4.69) is 11.9 Å². The van der Waals surface area contributed by atoms with Gasteiger partial charge in [0.2, 0.25) is 0 Å². The van der Waals surface area contributed by atoms with Crippen molar-refractivity contribution in [3.63, 3.8) is 0 Å². The van der Waals surface area contributed by atoms with Crippen molar-refractivity contribution in [1.82, 2.24) is 9.55 Å². The molecule has 0 fully saturated rings. The zero-order chi connectivity index (χ0) is 8.32. The molecule has 1 aromatic rings. The standard InChI is InChI=1S/C8H15N3.3ClH/c1-3-8(2,9)6-11-5-4-10-7-11;;;/h4-5,7H,3,6,9H2,1-2H3;3*1H. The van der Waals surface area contributed by atoms with Crippen LogP contribution in [-0.2, 0) is 6.54 Å². The average Bonchev–Trinajstić information content (AvgIpc) is 2.39. The van der Waals surface area contributed by atoms with E-state index in [1.807, 2.05) is 17.7 Å². The van der Waals surface area contributed by atoms with Crippen molar-refractivity contribution in [3.8, 4) is 0 Å². The van der Waals surface area contributed by atoms with Crippen molar-refractivity contribution in [2.45, 2.75) is 32.4 Å². The lowest BCUT2D eigenvalue weighted by molar-refractivity contribution is 0.384. The molecule has 1 heterocycles. The second-order valence-corrected chi connectivity index (χ2v) is 3.24. The van der Waals surface area contributed by atoms with Crippen LogP contribution in [0.5, 0.6) is 0 Å². The molecule has 1 unspecified atom stereocenters. The molecule has 0 bridgehead atoms. The van der Waals surface area contributed by atoms with E-state index in [-0.39, 0.29) is 42.8 Å². The Kier molecular flexibility index (Phi) is 11.7. The number of nitrogens with zero attached hydrogens (tertiary/aromatic N) is 2. The van der Waals surface area contributed by atoms with Gasteiger partial charge in [0.15, 0.2) is 0 Å². The summed E-state index contributed by atoms with van der Waals surface area (Å²) in [6.07, 6.45) is 6.47. The van der Waals surface area contributed by atoms with Crippen molar-refractivity contribution in [2.24, 2.45) is 5.73 Å². The summed E-state index contributed by atoms with van der Waals surface area (Å²) >= 11 is 0. The molecule has 14 heavy (non-hydrogen) atoms. The fourth-order valence-electron chi connectivity index (χ4n) is 0.909. The van der Waals surface area contributed by atoms with Gasteiger partial charge in [0.25, 0.3) is 0 Å². The van der Waals surface area contributed by atoms with Crippen molar-refractivity contribution >= 4 is 37.2 Å². The van der Waals surface area contributed by atoms with Crippen molar-refractivity contribution in [2.75, 3.05) is 0 Å². The summed E-state index contributed by atoms with van der Waals surface area (Å²) < 4.78 is 2.00. The van der Waals surface area contributed by atoms with Crippen LogP contribution in [0.4, 0.5) is 0 Å². The first-order chi connectivity index (χ1) is 5.14. The van der Waals surface area contributed by atoms with Crippen LogP contribution >= 0.6 is 37.2 Å². The maximum Gasteiger partial charge on any atom is 0.0946 e. The molecule has 0 saturated carbocycles. The lowest BCUT2D eigenvalue weighted by atomic mass is 10.0. The number of rotatable bonds is 3. The van der Waals surface area contributed by atoms with E-state index in [9.17, 15) is 0 Å². The fourth-order valence-corrected chi connectivity index (χ4v) is 0.909. The number of hydrogen-bond acceptors (Lipinski definition) is 2. The highest BCUT2D eigenvalue weighted by molar-refractivity contribution is 5.86. The molecule has 0 aliphatic heterocycles. The van der Waals surface area contributed by atoms with Gasteiger partial charge in [-0.25, -0.2) is 4.98 Å². The third-order valence-corrected chi connectivity index (χ3v) is 1.91. The van der Waals surface area contributed by atoms with E-state index < -0.39 is 0 Å². The summed E-state index contributed by atoms with van der Waals surface area (Å²) in [6, 6.07) is 0. The zero-order valence-electron chi connectivity index (χ0n) is 8.34. The van der Waals surface area contributed by atoms with Gasteiger partial charge in [-0.2, -0.15) is 0 Å². The monoisotopic (exact) mass is 261 g/mol. The minimum absolute atomic E-state index is 0. The SMILES string of the molecule is CCC(C)(N)Cn1ccnc1.Cl.Cl.Cl. The summed E-state index contributed by atoms with van der Waals surface area (Å²) in [5.74, 6) is 0. The van der Waals surface area contributed by atoms with Gasteiger partial charge in [0, 0.05) is 24.5 Å². The normalized spacial score (nSPS) is 12.8. The Morgan fingerprint density at radius 1 is 1.36 bits per heavy atom. The minimum Gasteiger partial charge on any atom is -0.336 e. The average molecular weight is 263 g/mol. The van der Waals surface area contributed by atoms with Crippen molar-refractivity contribution < 1.29 is 0 Å². The second kappa shape index (κ2) is 8.36. The van der Waals surface area contributed by atoms with Gasteiger partial charge in [-0.3, -0.25) is 0 Å². The van der Waals surface area contributed by atoms with E-state index in [0.717, 1.165) is 13.0 Å². The summed E-state index contributed by atoms with van der Waals surface area (Å²) in [5.41, 5.74) is 5.85. The summed E-state index contributed by atoms with van der Waals surface area (Å²) in [6.45, 7) is 4.98. The highest BCUT2D eigenvalue weighted by Crippen LogP contribution is 2.07. The van der Waals surface area contributed by atoms with E-state index in [0.29, 0.717) is 0 Å². The highest BCUT2D eigenvalue weighted by Gasteiger charge is 2.15. The van der Waals surface area contributed by atoms with Crippen LogP contribution in [0, 0.1) is 0 Å². The molecule has 0 amide bonds. The van der Waals surface area contributed by atoms with Crippen LogP contribution in [-0.4, -0.2) is 15.1 Å². The lowest BCUT2D eigenvalue weighted by Gasteiger charge is -2.22. The zero-order valence-corrected chi connectivity index (χ0v) is 10.8. The van der Waals surface area contributed by atoms with Gasteiger partial charge in [-0.1, -0.05) is 6.92 Å². The highest BCUT2D eigenvalue weighted by atomic mass is 35.5. The molecule has 6 heteroatoms. The first kappa shape index (κ1) is 19.6. The van der Waals surface area contributed by atoms with Gasteiger partial charge in [-0.05, 0) is 13.3 Å². The number of halogens is 3. The Morgan fingerprint density at radius 2 is 1.93 bits per heavy atom. The second-order valence-electron chi connectivity index (χ2n) is 3.24. The molecule has 0 saturated heterocycles. The maximum atomic E-state index is 5.96. The van der Waals surface area contributed by atoms with Crippen LogP contribution < -0.4 is 5.73 Å². The van der Waals surface area contributed by atoms with E-state index in [1.165, 1.54) is 0 Å². The molecule has 2 N–H and O–H groups in total. The van der Waals surface area contributed by atoms with E-state index in [4.69, 9.17) is 5.73 Å². The maximum absolute atomic E-state index is 5.96. The van der Waals surface area contributed by atoms with Crippen LogP contribution in [0.2, 0.25) is 0 Å². The molecular formula is C8H18Cl3N3. The first-order valence-electron chi connectivity index (χ1n) is 3.89. The topological polar surface area (TPSA) is 43.8 Å². The van der Waals surface area contributed by atoms with Gasteiger partial charge in [0.05, 0.1) is 6.33 Å². The predicted octanol–water partition coefficient (Wildman–Crippen LogP) is 2.28. The first-order valence-corrected chi connectivity index (χ1v) is 3.89. The molecular weight excluding hydrogens is 244 g/mol. The quantitative estimate of drug-likeness (QED) is 0.908. The van der Waals surface area contributed by atoms with Gasteiger partial charge < -0.3 is 10.3 Å². The van der Waals surface area contributed by atoms with Gasteiger partial charge in [0.1, 0.15) is 0 Å². The number of imidazole rings is 1. The minimum atomic E-state index is -0.110. The fraction of sp³-hybridized carbons (Fsp3) is 0.625. The molecule has 1 aromatic heterocycles. The summed E-state index contributed by atoms with van der Waals surface area (Å²) in [7, 11) is 0. The Hall–Kier alpha value is 0.0400. The summed E-state index contributed by atoms with van der Waals surface area (Å²) in [4.78, 5) is 3.95. The Labute approximate surface area is 104 Å². The number of hydrogen-bond donors (Lipinski definition) is 1. The smallest absolute Gasteiger partial charge is 0.0946 e. The van der Waals surface area contributed by atoms with Gasteiger partial charge in [-0.15, -0.1) is 37.2 Å². The molecule has 86 valence electrons. The van der Waals surface area contributed by atoms with Gasteiger partial charge >= 0.3 is 0 Å². The Balaban J connectivity index is -0.000000403. The molecule has 0 aromatic carbocycles. The molecule has 0 radical (unpaired) electrons. The molecule has 1 atom stereocenters. The third kappa shape index (κ3) is 6.49. The van der Waals surface area contributed by atoms with Crippen LogP contribution in [0.15, 0.2) is 18.7 Å². The Bertz CT molecular complexity index is 212. The lowest BCUT2D eigenvalue weighted by Crippen LogP contribution is -2.39. The molecule has 0 aliphatic rings. The third-order valence-electron chi connectivity index (χ3n) is 1.91. The number of nitrogens with two attached hydrogens (primary N) is 1. The molecule has 1 rings (SSSR count). The Morgan fingerprint density at radius 3 is 2.29 bits per heavy atom. The predicted molar refractivity (Wildman–Crippen MR) is 66.9 cm³/mol. The number of aromatic nitrogens is 2. The van der Waals surface area contributed by atoms with E-state index in [1.54, 1.807) is 12.5 Å². The van der Waals surface area contributed by atoms with E-state index >= 15 is 0 Å². The van der Waals surface area contributed by atoms with Crippen LogP contribution in [0.3, 0.4) is 0 Å². The van der Waals surface area contributed by atoms with Crippen molar-refractivity contribution in [3.05, 3.63) is 18.7 Å². The molecule has 0 aliphatic carbocycles. The van der Waals surface area contributed by atoms with Crippen LogP contribution in [0.25, 0.3) is 0 Å². The summed E-state index contributed by atoms with van der Waals surface area (Å²) in [5, 5.41) is 0. The van der Waals surface area contributed by atoms with Crippen molar-refractivity contribution in [1.29, 1.82) is 0 Å². The molecule has 0 spiro atoms. The molecule has 3 nitrogen and oxygen atoms in total. The largest absolute Gasteiger partial charge is 0.336 e.